The third kappa shape index (κ3) is 2.37. The Morgan fingerprint density at radius 3 is 2.60 bits per heavy atom. The molecule has 0 spiro atoms. The standard InChI is InChI=1S/C15H16F2O3/c1-14(2)8-12(9-5-3-4-6-11(9)20-14)19-13(18)10-7-15(10,16)17/h3-6,10,12H,7-8H2,1-2H3. The second-order valence-corrected chi connectivity index (χ2v) is 6.05. The van der Waals surface area contributed by atoms with E-state index in [1.165, 1.54) is 0 Å². The second kappa shape index (κ2) is 4.17. The van der Waals surface area contributed by atoms with Gasteiger partial charge in [-0.05, 0) is 19.9 Å². The van der Waals surface area contributed by atoms with E-state index in [-0.39, 0.29) is 0 Å². The predicted molar refractivity (Wildman–Crippen MR) is 67.7 cm³/mol. The summed E-state index contributed by atoms with van der Waals surface area (Å²) in [6.07, 6.45) is -0.479. The van der Waals surface area contributed by atoms with E-state index in [2.05, 4.69) is 0 Å². The molecule has 5 heteroatoms. The van der Waals surface area contributed by atoms with Gasteiger partial charge in [0.1, 0.15) is 23.4 Å². The highest BCUT2D eigenvalue weighted by Crippen LogP contribution is 2.50. The van der Waals surface area contributed by atoms with Crippen LogP contribution in [-0.4, -0.2) is 17.5 Å². The zero-order valence-corrected chi connectivity index (χ0v) is 11.4. The molecule has 1 aliphatic heterocycles. The zero-order valence-electron chi connectivity index (χ0n) is 11.4. The van der Waals surface area contributed by atoms with Gasteiger partial charge in [-0.15, -0.1) is 0 Å². The maximum absolute atomic E-state index is 12.9. The molecule has 0 bridgehead atoms. The van der Waals surface area contributed by atoms with Gasteiger partial charge in [0.05, 0.1) is 0 Å². The minimum absolute atomic E-state index is 0.403. The highest BCUT2D eigenvalue weighted by atomic mass is 19.3. The highest BCUT2D eigenvalue weighted by Gasteiger charge is 2.62. The van der Waals surface area contributed by atoms with Gasteiger partial charge in [0, 0.05) is 18.4 Å². The van der Waals surface area contributed by atoms with Crippen LogP contribution >= 0.6 is 0 Å². The lowest BCUT2D eigenvalue weighted by Gasteiger charge is -2.37. The number of carbonyl (C=O) groups excluding carboxylic acids is 1. The van der Waals surface area contributed by atoms with Gasteiger partial charge < -0.3 is 9.47 Å². The van der Waals surface area contributed by atoms with Crippen LogP contribution in [0.4, 0.5) is 8.78 Å². The topological polar surface area (TPSA) is 35.5 Å². The molecule has 0 N–H and O–H groups in total. The van der Waals surface area contributed by atoms with Gasteiger partial charge in [-0.3, -0.25) is 4.79 Å². The number of ether oxygens (including phenoxy) is 2. The molecule has 1 fully saturated rings. The molecule has 3 rings (SSSR count). The van der Waals surface area contributed by atoms with Crippen LogP contribution < -0.4 is 4.74 Å². The minimum Gasteiger partial charge on any atom is -0.487 e. The van der Waals surface area contributed by atoms with Crippen molar-refractivity contribution < 1.29 is 23.0 Å². The summed E-state index contributed by atoms with van der Waals surface area (Å²) in [4.78, 5) is 11.8. The molecular formula is C15H16F2O3. The maximum Gasteiger partial charge on any atom is 0.315 e. The Hall–Kier alpha value is -1.65. The molecule has 2 unspecified atom stereocenters. The van der Waals surface area contributed by atoms with Gasteiger partial charge in [-0.2, -0.15) is 0 Å². The van der Waals surface area contributed by atoms with Crippen LogP contribution in [-0.2, 0) is 9.53 Å². The van der Waals surface area contributed by atoms with E-state index in [0.29, 0.717) is 12.2 Å². The van der Waals surface area contributed by atoms with Crippen molar-refractivity contribution in [2.24, 2.45) is 5.92 Å². The Morgan fingerprint density at radius 1 is 1.30 bits per heavy atom. The van der Waals surface area contributed by atoms with E-state index in [0.717, 1.165) is 5.56 Å². The molecule has 1 aromatic carbocycles. The Labute approximate surface area is 115 Å². The molecule has 108 valence electrons. The number of hydrogen-bond acceptors (Lipinski definition) is 3. The quantitative estimate of drug-likeness (QED) is 0.779. The molecular weight excluding hydrogens is 266 g/mol. The number of esters is 1. The van der Waals surface area contributed by atoms with Crippen LogP contribution in [0.2, 0.25) is 0 Å². The van der Waals surface area contributed by atoms with E-state index in [1.54, 1.807) is 12.1 Å². The molecule has 1 aliphatic carbocycles. The van der Waals surface area contributed by atoms with Gasteiger partial charge in [-0.25, -0.2) is 8.78 Å². The molecule has 1 aromatic rings. The van der Waals surface area contributed by atoms with E-state index in [9.17, 15) is 13.6 Å². The van der Waals surface area contributed by atoms with E-state index >= 15 is 0 Å². The Morgan fingerprint density at radius 2 is 1.95 bits per heavy atom. The molecule has 20 heavy (non-hydrogen) atoms. The predicted octanol–water partition coefficient (Wildman–Crippen LogP) is 3.49. The van der Waals surface area contributed by atoms with Crippen LogP contribution in [0.5, 0.6) is 5.75 Å². The van der Waals surface area contributed by atoms with E-state index in [4.69, 9.17) is 9.47 Å². The summed E-state index contributed by atoms with van der Waals surface area (Å²) >= 11 is 0. The maximum atomic E-state index is 12.9. The average Bonchev–Trinajstić information content (AvgIpc) is 2.97. The summed E-state index contributed by atoms with van der Waals surface area (Å²) in [5.74, 6) is -4.34. The summed E-state index contributed by atoms with van der Waals surface area (Å²) in [6, 6.07) is 7.23. The molecule has 0 radical (unpaired) electrons. The van der Waals surface area contributed by atoms with Crippen LogP contribution in [0.15, 0.2) is 24.3 Å². The number of fused-ring (bicyclic) bond motifs is 1. The SMILES string of the molecule is CC1(C)CC(OC(=O)C2CC2(F)F)c2ccccc2O1. The van der Waals surface area contributed by atoms with Gasteiger partial charge in [0.2, 0.25) is 0 Å². The van der Waals surface area contributed by atoms with E-state index < -0.39 is 35.9 Å². The fourth-order valence-corrected chi connectivity index (χ4v) is 2.53. The first-order valence-electron chi connectivity index (χ1n) is 6.65. The Bertz CT molecular complexity index is 554. The van der Waals surface area contributed by atoms with Crippen molar-refractivity contribution in [3.05, 3.63) is 29.8 Å². The monoisotopic (exact) mass is 282 g/mol. The molecule has 1 heterocycles. The second-order valence-electron chi connectivity index (χ2n) is 6.05. The van der Waals surface area contributed by atoms with Crippen molar-refractivity contribution in [2.75, 3.05) is 0 Å². The van der Waals surface area contributed by atoms with Gasteiger partial charge in [-0.1, -0.05) is 18.2 Å². The summed E-state index contributed by atoms with van der Waals surface area (Å²) in [6.45, 7) is 3.77. The van der Waals surface area contributed by atoms with Crippen molar-refractivity contribution in [3.63, 3.8) is 0 Å². The minimum atomic E-state index is -2.89. The summed E-state index contributed by atoms with van der Waals surface area (Å²) in [5, 5.41) is 0. The van der Waals surface area contributed by atoms with Crippen LogP contribution in [0.25, 0.3) is 0 Å². The number of benzene rings is 1. The van der Waals surface area contributed by atoms with Crippen molar-refractivity contribution in [3.8, 4) is 5.75 Å². The molecule has 0 amide bonds. The first kappa shape index (κ1) is 13.3. The molecule has 2 atom stereocenters. The lowest BCUT2D eigenvalue weighted by atomic mass is 9.91. The fourth-order valence-electron chi connectivity index (χ4n) is 2.53. The average molecular weight is 282 g/mol. The molecule has 0 saturated heterocycles. The Balaban J connectivity index is 1.81. The summed E-state index contributed by atoms with van der Waals surface area (Å²) in [7, 11) is 0. The Kier molecular flexibility index (Phi) is 2.78. The molecule has 0 aromatic heterocycles. The van der Waals surface area contributed by atoms with Crippen molar-refractivity contribution in [1.82, 2.24) is 0 Å². The third-order valence-corrected chi connectivity index (χ3v) is 3.70. The molecule has 3 nitrogen and oxygen atoms in total. The lowest BCUT2D eigenvalue weighted by molar-refractivity contribution is -0.157. The van der Waals surface area contributed by atoms with Crippen molar-refractivity contribution in [1.29, 1.82) is 0 Å². The molecule has 2 aliphatic rings. The van der Waals surface area contributed by atoms with Gasteiger partial charge in [0.15, 0.2) is 0 Å². The van der Waals surface area contributed by atoms with Crippen molar-refractivity contribution >= 4 is 5.97 Å². The lowest BCUT2D eigenvalue weighted by Crippen LogP contribution is -2.36. The van der Waals surface area contributed by atoms with Crippen molar-refractivity contribution in [2.45, 2.75) is 44.3 Å². The first-order chi connectivity index (χ1) is 9.28. The third-order valence-electron chi connectivity index (χ3n) is 3.70. The first-order valence-corrected chi connectivity index (χ1v) is 6.65. The van der Waals surface area contributed by atoms with E-state index in [1.807, 2.05) is 26.0 Å². The highest BCUT2D eigenvalue weighted by molar-refractivity contribution is 5.77. The summed E-state index contributed by atoms with van der Waals surface area (Å²) in [5.41, 5.74) is 0.245. The smallest absolute Gasteiger partial charge is 0.315 e. The van der Waals surface area contributed by atoms with Crippen LogP contribution in [0, 0.1) is 5.92 Å². The molecule has 1 saturated carbocycles. The van der Waals surface area contributed by atoms with Crippen LogP contribution in [0.1, 0.15) is 38.4 Å². The number of hydrogen-bond donors (Lipinski definition) is 0. The number of para-hydroxylation sites is 1. The zero-order chi connectivity index (χ0) is 14.5. The largest absolute Gasteiger partial charge is 0.487 e. The fraction of sp³-hybridized carbons (Fsp3) is 0.533. The van der Waals surface area contributed by atoms with Crippen LogP contribution in [0.3, 0.4) is 0 Å². The number of carbonyl (C=O) groups is 1. The number of rotatable bonds is 2. The van der Waals surface area contributed by atoms with Gasteiger partial charge in [0.25, 0.3) is 5.92 Å². The normalized spacial score (nSPS) is 29.0. The summed E-state index contributed by atoms with van der Waals surface area (Å²) < 4.78 is 37.0. The number of halogens is 2. The van der Waals surface area contributed by atoms with Gasteiger partial charge >= 0.3 is 5.97 Å². The number of alkyl halides is 2.